The number of amides is 1. The van der Waals surface area contributed by atoms with Crippen molar-refractivity contribution in [3.63, 3.8) is 0 Å². The van der Waals surface area contributed by atoms with Crippen molar-refractivity contribution in [1.29, 1.82) is 0 Å². The molecule has 8 nitrogen and oxygen atoms in total. The number of rotatable bonds is 8. The minimum Gasteiger partial charge on any atom is -0.396 e. The monoisotopic (exact) mass is 628 g/mol. The van der Waals surface area contributed by atoms with Crippen LogP contribution in [0.2, 0.25) is 0 Å². The first-order chi connectivity index (χ1) is 21.3. The Bertz CT molecular complexity index is 1620. The molecule has 0 spiro atoms. The number of hydrogen-bond donors (Lipinski definition) is 3. The Morgan fingerprint density at radius 1 is 1.09 bits per heavy atom. The molecule has 1 saturated heterocycles. The highest BCUT2D eigenvalue weighted by Gasteiger charge is 2.40. The van der Waals surface area contributed by atoms with Crippen LogP contribution in [0, 0.1) is 11.8 Å². The van der Waals surface area contributed by atoms with E-state index < -0.39 is 21.3 Å². The van der Waals surface area contributed by atoms with Gasteiger partial charge in [0.25, 0.3) is 5.91 Å². The summed E-state index contributed by atoms with van der Waals surface area (Å²) < 4.78 is 15.1. The van der Waals surface area contributed by atoms with Gasteiger partial charge in [-0.2, -0.15) is 0 Å². The lowest BCUT2D eigenvalue weighted by Crippen LogP contribution is -2.37. The summed E-state index contributed by atoms with van der Waals surface area (Å²) in [6, 6.07) is 19.4. The van der Waals surface area contributed by atoms with Gasteiger partial charge in [-0.1, -0.05) is 54.3 Å². The van der Waals surface area contributed by atoms with E-state index in [-0.39, 0.29) is 24.6 Å². The summed E-state index contributed by atoms with van der Waals surface area (Å²) in [5.41, 5.74) is 4.26. The maximum absolute atomic E-state index is 13.8. The van der Waals surface area contributed by atoms with Crippen molar-refractivity contribution in [3.05, 3.63) is 88.6 Å². The van der Waals surface area contributed by atoms with Gasteiger partial charge in [0.15, 0.2) is 0 Å². The summed E-state index contributed by atoms with van der Waals surface area (Å²) in [5, 5.41) is 23.4. The number of benzene rings is 2. The van der Waals surface area contributed by atoms with Gasteiger partial charge in [0.2, 0.25) is 0 Å². The van der Waals surface area contributed by atoms with Gasteiger partial charge < -0.3 is 15.5 Å². The normalized spacial score (nSPS) is 19.5. The molecule has 45 heavy (non-hydrogen) atoms. The first-order valence-corrected chi connectivity index (χ1v) is 16.7. The SMILES string of the molecule is CC(C)(O)C#Cc1cccc(-c2nc(C(=O)N[C@@H]3CCN(Cc4ccccc4)C3)cc3c2[C@H](CCO)N(S(=O)C(C)(C)C)C3)c1. The topological polar surface area (TPSA) is 106 Å². The molecule has 1 amide bonds. The van der Waals surface area contributed by atoms with Crippen LogP contribution >= 0.6 is 0 Å². The highest BCUT2D eigenvalue weighted by atomic mass is 32.2. The zero-order valence-corrected chi connectivity index (χ0v) is 27.7. The summed E-state index contributed by atoms with van der Waals surface area (Å²) >= 11 is 0. The Labute approximate surface area is 269 Å². The molecular weight excluding hydrogens is 584 g/mol. The maximum atomic E-state index is 13.8. The molecular formula is C36H44N4O4S. The number of nitrogens with one attached hydrogen (secondary N) is 1. The molecule has 3 heterocycles. The van der Waals surface area contributed by atoms with Gasteiger partial charge in [-0.05, 0) is 76.8 Å². The third-order valence-corrected chi connectivity index (χ3v) is 9.89. The number of nitrogens with zero attached hydrogens (tertiary/aromatic N) is 3. The predicted molar refractivity (Wildman–Crippen MR) is 178 cm³/mol. The molecule has 0 bridgehead atoms. The van der Waals surface area contributed by atoms with Crippen LogP contribution in [-0.4, -0.2) is 70.6 Å². The smallest absolute Gasteiger partial charge is 0.270 e. The number of aliphatic hydroxyl groups excluding tert-OH is 1. The van der Waals surface area contributed by atoms with E-state index >= 15 is 0 Å². The zero-order chi connectivity index (χ0) is 32.4. The molecule has 3 N–H and O–H groups in total. The Morgan fingerprint density at radius 2 is 1.84 bits per heavy atom. The average molecular weight is 629 g/mol. The van der Waals surface area contributed by atoms with Gasteiger partial charge in [0, 0.05) is 55.5 Å². The van der Waals surface area contributed by atoms with Crippen molar-refractivity contribution in [3.8, 4) is 23.1 Å². The lowest BCUT2D eigenvalue weighted by molar-refractivity contribution is 0.0932. The van der Waals surface area contributed by atoms with Gasteiger partial charge in [-0.25, -0.2) is 13.5 Å². The number of carbonyl (C=O) groups excluding carboxylic acids is 1. The van der Waals surface area contributed by atoms with Crippen LogP contribution in [0.4, 0.5) is 0 Å². The fourth-order valence-electron chi connectivity index (χ4n) is 5.97. The summed E-state index contributed by atoms with van der Waals surface area (Å²) in [6.07, 6.45) is 1.24. The zero-order valence-electron chi connectivity index (χ0n) is 26.8. The fourth-order valence-corrected chi connectivity index (χ4v) is 7.37. The van der Waals surface area contributed by atoms with Crippen molar-refractivity contribution in [2.75, 3.05) is 19.7 Å². The number of likely N-dealkylation sites (tertiary alicyclic amines) is 1. The second-order valence-electron chi connectivity index (χ2n) is 13.5. The van der Waals surface area contributed by atoms with Crippen molar-refractivity contribution in [2.24, 2.45) is 0 Å². The average Bonchev–Trinajstić information content (AvgIpc) is 3.59. The van der Waals surface area contributed by atoms with Gasteiger partial charge >= 0.3 is 0 Å². The fraction of sp³-hybridized carbons (Fsp3) is 0.444. The van der Waals surface area contributed by atoms with E-state index in [9.17, 15) is 19.2 Å². The molecule has 2 aromatic carbocycles. The van der Waals surface area contributed by atoms with Crippen LogP contribution in [0.1, 0.15) is 86.2 Å². The van der Waals surface area contributed by atoms with Crippen molar-refractivity contribution >= 4 is 16.9 Å². The number of carbonyl (C=O) groups is 1. The summed E-state index contributed by atoms with van der Waals surface area (Å²) in [7, 11) is -1.36. The second kappa shape index (κ2) is 13.5. The van der Waals surface area contributed by atoms with Gasteiger partial charge in [0.1, 0.15) is 22.3 Å². The third-order valence-electron chi connectivity index (χ3n) is 8.03. The van der Waals surface area contributed by atoms with E-state index in [1.807, 2.05) is 73.6 Å². The Kier molecular flexibility index (Phi) is 9.92. The first kappa shape index (κ1) is 33.0. The van der Waals surface area contributed by atoms with Crippen LogP contribution in [0.15, 0.2) is 60.7 Å². The van der Waals surface area contributed by atoms with Crippen LogP contribution in [0.25, 0.3) is 11.3 Å². The van der Waals surface area contributed by atoms with Crippen LogP contribution in [-0.2, 0) is 24.1 Å². The van der Waals surface area contributed by atoms with Crippen LogP contribution < -0.4 is 5.32 Å². The second-order valence-corrected chi connectivity index (χ2v) is 15.7. The quantitative estimate of drug-likeness (QED) is 0.316. The Morgan fingerprint density at radius 3 is 2.53 bits per heavy atom. The molecule has 1 fully saturated rings. The van der Waals surface area contributed by atoms with E-state index in [2.05, 4.69) is 34.2 Å². The molecule has 0 saturated carbocycles. The van der Waals surface area contributed by atoms with Crippen molar-refractivity contribution < 1.29 is 19.2 Å². The molecule has 0 radical (unpaired) electrons. The minimum atomic E-state index is -1.36. The summed E-state index contributed by atoms with van der Waals surface area (Å²) in [4.78, 5) is 21.1. The molecule has 3 aromatic rings. The molecule has 1 aromatic heterocycles. The molecule has 9 heteroatoms. The standard InChI is InChI=1S/C36H44N4O4S/c1-35(2,3)45(44)40-23-28-21-30(34(42)37-29-15-18-39(24-29)22-26-10-7-6-8-11-26)38-33(32(28)31(40)16-19-41)27-13-9-12-25(20-27)14-17-36(4,5)43/h6-13,20-21,29,31,41,43H,15-16,18-19,22-24H2,1-5H3,(H,37,42)/t29-,31+,45?/m1/s1. The molecule has 2 aliphatic rings. The van der Waals surface area contributed by atoms with E-state index in [4.69, 9.17) is 4.98 Å². The van der Waals surface area contributed by atoms with E-state index in [1.165, 1.54) is 5.56 Å². The minimum absolute atomic E-state index is 0.00665. The number of pyridine rings is 1. The highest BCUT2D eigenvalue weighted by molar-refractivity contribution is 7.84. The Hall–Kier alpha value is -3.39. The lowest BCUT2D eigenvalue weighted by atomic mass is 9.95. The molecule has 1 unspecified atom stereocenters. The molecule has 0 aliphatic carbocycles. The lowest BCUT2D eigenvalue weighted by Gasteiger charge is -2.30. The third kappa shape index (κ3) is 8.07. The maximum Gasteiger partial charge on any atom is 0.270 e. The van der Waals surface area contributed by atoms with Gasteiger partial charge in [-0.3, -0.25) is 9.69 Å². The molecule has 2 aliphatic heterocycles. The van der Waals surface area contributed by atoms with E-state index in [1.54, 1.807) is 13.8 Å². The van der Waals surface area contributed by atoms with E-state index in [0.717, 1.165) is 42.7 Å². The highest BCUT2D eigenvalue weighted by Crippen LogP contribution is 2.44. The summed E-state index contributed by atoms with van der Waals surface area (Å²) in [6.45, 7) is 11.9. The largest absolute Gasteiger partial charge is 0.396 e. The Balaban J connectivity index is 1.49. The first-order valence-electron chi connectivity index (χ1n) is 15.6. The van der Waals surface area contributed by atoms with Crippen molar-refractivity contribution in [2.45, 2.75) is 83.0 Å². The van der Waals surface area contributed by atoms with Gasteiger partial charge in [-0.15, -0.1) is 0 Å². The number of aliphatic hydroxyl groups is 2. The van der Waals surface area contributed by atoms with Gasteiger partial charge in [0.05, 0.1) is 16.5 Å². The van der Waals surface area contributed by atoms with Crippen LogP contribution in [0.5, 0.6) is 0 Å². The number of aromatic nitrogens is 1. The van der Waals surface area contributed by atoms with Crippen molar-refractivity contribution in [1.82, 2.24) is 19.5 Å². The molecule has 5 rings (SSSR count). The summed E-state index contributed by atoms with van der Waals surface area (Å²) in [5.74, 6) is 5.66. The number of fused-ring (bicyclic) bond motifs is 1. The van der Waals surface area contributed by atoms with E-state index in [0.29, 0.717) is 29.9 Å². The predicted octanol–water partition coefficient (Wildman–Crippen LogP) is 4.58. The number of hydrogen-bond acceptors (Lipinski definition) is 6. The van der Waals surface area contributed by atoms with Crippen LogP contribution in [0.3, 0.4) is 0 Å². The molecule has 238 valence electrons. The molecule has 3 atom stereocenters.